The molecular weight excluding hydrogens is 436 g/mol. The summed E-state index contributed by atoms with van der Waals surface area (Å²) in [5.41, 5.74) is 0.980. The smallest absolute Gasteiger partial charge is 0.387 e. The van der Waals surface area contributed by atoms with E-state index in [9.17, 15) is 18.4 Å². The summed E-state index contributed by atoms with van der Waals surface area (Å²) in [4.78, 5) is 24.1. The average molecular weight is 447 g/mol. The van der Waals surface area contributed by atoms with Crippen molar-refractivity contribution in [2.75, 3.05) is 5.32 Å². The predicted octanol–water partition coefficient (Wildman–Crippen LogP) is 4.94. The molecule has 1 N–H and O–H groups in total. The van der Waals surface area contributed by atoms with E-state index in [1.807, 2.05) is 0 Å². The average Bonchev–Trinajstić information content (AvgIpc) is 2.87. The molecule has 26 heavy (non-hydrogen) atoms. The number of esters is 1. The molecule has 0 aliphatic carbocycles. The summed E-state index contributed by atoms with van der Waals surface area (Å²) in [5.74, 6) is -1.31. The standard InChI is InChI=1S/C17H11BrClF2NO4/c18-11-5-8(19)6-12(15(11)26-17(20)21)22-14(23)7-13-9-3-1-2-4-10(9)16(24)25-13/h1-6,13,17H,7H2,(H,22,23). The number of cyclic esters (lactones) is 1. The van der Waals surface area contributed by atoms with E-state index in [0.29, 0.717) is 11.1 Å². The van der Waals surface area contributed by atoms with Gasteiger partial charge in [-0.2, -0.15) is 8.78 Å². The van der Waals surface area contributed by atoms with Crippen LogP contribution >= 0.6 is 27.5 Å². The maximum absolute atomic E-state index is 12.6. The van der Waals surface area contributed by atoms with E-state index >= 15 is 0 Å². The molecule has 0 aromatic heterocycles. The van der Waals surface area contributed by atoms with E-state index < -0.39 is 24.6 Å². The number of fused-ring (bicyclic) bond motifs is 1. The molecule has 2 aromatic carbocycles. The fraction of sp³-hybridized carbons (Fsp3) is 0.176. The number of carbonyl (C=O) groups is 2. The molecule has 3 rings (SSSR count). The number of rotatable bonds is 5. The Balaban J connectivity index is 1.78. The summed E-state index contributed by atoms with van der Waals surface area (Å²) < 4.78 is 35.0. The van der Waals surface area contributed by atoms with Crippen LogP contribution in [-0.2, 0) is 9.53 Å². The lowest BCUT2D eigenvalue weighted by Crippen LogP contribution is -2.17. The highest BCUT2D eigenvalue weighted by Crippen LogP contribution is 2.38. The first-order valence-corrected chi connectivity index (χ1v) is 8.56. The van der Waals surface area contributed by atoms with Crippen molar-refractivity contribution in [3.63, 3.8) is 0 Å². The number of carbonyl (C=O) groups excluding carboxylic acids is 2. The van der Waals surface area contributed by atoms with Gasteiger partial charge in [0.05, 0.1) is 22.1 Å². The Hall–Kier alpha value is -2.19. The molecule has 1 aliphatic rings. The van der Waals surface area contributed by atoms with E-state index in [4.69, 9.17) is 16.3 Å². The molecule has 0 radical (unpaired) electrons. The molecule has 1 heterocycles. The lowest BCUT2D eigenvalue weighted by Gasteiger charge is -2.15. The van der Waals surface area contributed by atoms with Crippen molar-refractivity contribution in [3.8, 4) is 5.75 Å². The Kier molecular flexibility index (Phi) is 5.43. The topological polar surface area (TPSA) is 64.6 Å². The number of amides is 1. The first-order valence-electron chi connectivity index (χ1n) is 7.38. The second kappa shape index (κ2) is 7.59. The molecule has 0 spiro atoms. The minimum absolute atomic E-state index is 0.0210. The number of hydrogen-bond acceptors (Lipinski definition) is 4. The van der Waals surface area contributed by atoms with E-state index in [2.05, 4.69) is 26.0 Å². The van der Waals surface area contributed by atoms with E-state index in [1.165, 1.54) is 12.1 Å². The van der Waals surface area contributed by atoms with Crippen LogP contribution < -0.4 is 10.1 Å². The van der Waals surface area contributed by atoms with E-state index in [-0.39, 0.29) is 27.4 Å². The van der Waals surface area contributed by atoms with Crippen molar-refractivity contribution in [2.24, 2.45) is 0 Å². The van der Waals surface area contributed by atoms with E-state index in [0.717, 1.165) is 0 Å². The lowest BCUT2D eigenvalue weighted by atomic mass is 10.0. The van der Waals surface area contributed by atoms with Gasteiger partial charge in [0.15, 0.2) is 5.75 Å². The van der Waals surface area contributed by atoms with Gasteiger partial charge in [-0.1, -0.05) is 29.8 Å². The van der Waals surface area contributed by atoms with Crippen molar-refractivity contribution in [3.05, 3.63) is 57.0 Å². The van der Waals surface area contributed by atoms with Gasteiger partial charge >= 0.3 is 12.6 Å². The zero-order chi connectivity index (χ0) is 18.8. The summed E-state index contributed by atoms with van der Waals surface area (Å²) in [5, 5.41) is 2.68. The molecule has 2 aromatic rings. The van der Waals surface area contributed by atoms with Gasteiger partial charge in [0, 0.05) is 10.6 Å². The number of hydrogen-bond donors (Lipinski definition) is 1. The summed E-state index contributed by atoms with van der Waals surface area (Å²) in [7, 11) is 0. The third-order valence-electron chi connectivity index (χ3n) is 3.64. The lowest BCUT2D eigenvalue weighted by molar-refractivity contribution is -0.118. The van der Waals surface area contributed by atoms with Crippen LogP contribution in [0.5, 0.6) is 5.75 Å². The highest BCUT2D eigenvalue weighted by Gasteiger charge is 2.32. The Morgan fingerprint density at radius 2 is 2.08 bits per heavy atom. The number of nitrogens with one attached hydrogen (secondary N) is 1. The maximum atomic E-state index is 12.6. The van der Waals surface area contributed by atoms with Crippen molar-refractivity contribution >= 4 is 45.1 Å². The maximum Gasteiger partial charge on any atom is 0.387 e. The number of benzene rings is 2. The molecule has 1 unspecified atom stereocenters. The zero-order valence-corrected chi connectivity index (χ0v) is 15.3. The second-order valence-corrected chi connectivity index (χ2v) is 6.67. The quantitative estimate of drug-likeness (QED) is 0.661. The minimum atomic E-state index is -3.08. The molecule has 9 heteroatoms. The molecule has 5 nitrogen and oxygen atoms in total. The summed E-state index contributed by atoms with van der Waals surface area (Å²) in [6, 6.07) is 9.38. The van der Waals surface area contributed by atoms with Gasteiger partial charge in [-0.25, -0.2) is 4.79 Å². The molecule has 1 amide bonds. The SMILES string of the molecule is O=C(CC1OC(=O)c2ccccc21)Nc1cc(Cl)cc(Br)c1OC(F)F. The largest absolute Gasteiger partial charge is 0.453 e. The van der Waals surface area contributed by atoms with Gasteiger partial charge in [0.2, 0.25) is 5.91 Å². The van der Waals surface area contributed by atoms with E-state index in [1.54, 1.807) is 24.3 Å². The first-order chi connectivity index (χ1) is 12.3. The van der Waals surface area contributed by atoms with Crippen molar-refractivity contribution < 1.29 is 27.8 Å². The number of halogens is 4. The van der Waals surface area contributed by atoms with Crippen LogP contribution in [0.2, 0.25) is 5.02 Å². The number of alkyl halides is 2. The third-order valence-corrected chi connectivity index (χ3v) is 4.44. The predicted molar refractivity (Wildman–Crippen MR) is 93.6 cm³/mol. The van der Waals surface area contributed by atoms with Crippen molar-refractivity contribution in [1.29, 1.82) is 0 Å². The van der Waals surface area contributed by atoms with Gasteiger partial charge in [-0.15, -0.1) is 0 Å². The van der Waals surface area contributed by atoms with Crippen LogP contribution in [0.3, 0.4) is 0 Å². The van der Waals surface area contributed by atoms with Crippen LogP contribution in [0.4, 0.5) is 14.5 Å². The Labute approximate surface area is 160 Å². The van der Waals surface area contributed by atoms with Crippen LogP contribution in [0, 0.1) is 0 Å². The van der Waals surface area contributed by atoms with Gasteiger partial charge in [0.1, 0.15) is 6.10 Å². The first kappa shape index (κ1) is 18.6. The Morgan fingerprint density at radius 1 is 1.35 bits per heavy atom. The van der Waals surface area contributed by atoms with Crippen LogP contribution in [0.15, 0.2) is 40.9 Å². The van der Waals surface area contributed by atoms with Crippen LogP contribution in [0.1, 0.15) is 28.4 Å². The van der Waals surface area contributed by atoms with Crippen molar-refractivity contribution in [2.45, 2.75) is 19.1 Å². The van der Waals surface area contributed by atoms with Gasteiger partial charge in [-0.3, -0.25) is 4.79 Å². The van der Waals surface area contributed by atoms with Gasteiger partial charge < -0.3 is 14.8 Å². The van der Waals surface area contributed by atoms with Crippen LogP contribution in [0.25, 0.3) is 0 Å². The molecule has 0 fully saturated rings. The molecule has 136 valence electrons. The number of anilines is 1. The fourth-order valence-corrected chi connectivity index (χ4v) is 3.51. The molecule has 0 bridgehead atoms. The molecular formula is C17H11BrClF2NO4. The summed E-state index contributed by atoms with van der Waals surface area (Å²) >= 11 is 8.98. The molecule has 0 saturated heterocycles. The monoisotopic (exact) mass is 445 g/mol. The van der Waals surface area contributed by atoms with Crippen molar-refractivity contribution in [1.82, 2.24) is 0 Å². The summed E-state index contributed by atoms with van der Waals surface area (Å²) in [6.45, 7) is -3.08. The zero-order valence-electron chi connectivity index (χ0n) is 13.0. The molecule has 1 atom stereocenters. The Morgan fingerprint density at radius 3 is 2.81 bits per heavy atom. The highest BCUT2D eigenvalue weighted by atomic mass is 79.9. The number of ether oxygens (including phenoxy) is 2. The minimum Gasteiger partial charge on any atom is -0.453 e. The summed E-state index contributed by atoms with van der Waals surface area (Å²) in [6.07, 6.45) is -0.929. The molecule has 1 aliphatic heterocycles. The third kappa shape index (κ3) is 3.96. The second-order valence-electron chi connectivity index (χ2n) is 5.38. The molecule has 0 saturated carbocycles. The van der Waals surface area contributed by atoms with Crippen LogP contribution in [-0.4, -0.2) is 18.5 Å². The highest BCUT2D eigenvalue weighted by molar-refractivity contribution is 9.10. The van der Waals surface area contributed by atoms with Gasteiger partial charge in [-0.05, 0) is 34.1 Å². The fourth-order valence-electron chi connectivity index (χ4n) is 2.60. The Bertz CT molecular complexity index is 878. The van der Waals surface area contributed by atoms with Gasteiger partial charge in [0.25, 0.3) is 0 Å². The normalized spacial score (nSPS) is 15.6.